The monoisotopic (exact) mass is 210 g/mol. The number of aromatic nitrogens is 1. The number of amidine groups is 1. The maximum atomic E-state index is 7.44. The van der Waals surface area contributed by atoms with Crippen LogP contribution < -0.4 is 10.6 Å². The first-order valence-corrected chi connectivity index (χ1v) is 5.63. The lowest BCUT2D eigenvalue weighted by Gasteiger charge is -2.31. The van der Waals surface area contributed by atoms with Gasteiger partial charge in [0.1, 0.15) is 0 Å². The molecule has 1 aromatic rings. The normalized spacial score (nSPS) is 22.3. The molecule has 1 aliphatic heterocycles. The second kappa shape index (κ2) is 3.96. The minimum Gasteiger partial charge on any atom is -0.387 e. The Morgan fingerprint density at radius 2 is 2.57 bits per heavy atom. The van der Waals surface area contributed by atoms with Crippen LogP contribution in [0.1, 0.15) is 12.8 Å². The van der Waals surface area contributed by atoms with Crippen LogP contribution in [0.4, 0.5) is 5.13 Å². The van der Waals surface area contributed by atoms with Gasteiger partial charge in [0.15, 0.2) is 5.13 Å². The third kappa shape index (κ3) is 1.87. The van der Waals surface area contributed by atoms with Gasteiger partial charge in [0.05, 0.1) is 5.84 Å². The van der Waals surface area contributed by atoms with E-state index < -0.39 is 0 Å². The van der Waals surface area contributed by atoms with Crippen molar-refractivity contribution in [1.82, 2.24) is 4.98 Å². The number of nitrogens with one attached hydrogen (secondary N) is 1. The van der Waals surface area contributed by atoms with Crippen molar-refractivity contribution >= 4 is 22.3 Å². The van der Waals surface area contributed by atoms with Crippen molar-refractivity contribution in [2.45, 2.75) is 12.8 Å². The molecule has 0 spiro atoms. The second-order valence-corrected chi connectivity index (χ2v) is 4.43. The van der Waals surface area contributed by atoms with Crippen LogP contribution in [-0.4, -0.2) is 23.9 Å². The first-order valence-electron chi connectivity index (χ1n) is 4.75. The Labute approximate surface area is 87.3 Å². The van der Waals surface area contributed by atoms with Crippen molar-refractivity contribution in [3.05, 3.63) is 11.6 Å². The summed E-state index contributed by atoms with van der Waals surface area (Å²) in [5.41, 5.74) is 5.52. The van der Waals surface area contributed by atoms with Crippen molar-refractivity contribution in [3.8, 4) is 0 Å². The van der Waals surface area contributed by atoms with E-state index in [1.807, 2.05) is 11.6 Å². The molecule has 2 rings (SSSR count). The Kier molecular flexibility index (Phi) is 2.67. The van der Waals surface area contributed by atoms with Crippen LogP contribution in [0.15, 0.2) is 11.6 Å². The molecule has 0 bridgehead atoms. The van der Waals surface area contributed by atoms with Crippen molar-refractivity contribution in [2.24, 2.45) is 11.7 Å². The fraction of sp³-hybridized carbons (Fsp3) is 0.556. The lowest BCUT2D eigenvalue weighted by atomic mass is 9.97. The summed E-state index contributed by atoms with van der Waals surface area (Å²) in [7, 11) is 0. The molecule has 2 heterocycles. The lowest BCUT2D eigenvalue weighted by Crippen LogP contribution is -2.40. The number of piperidine rings is 1. The van der Waals surface area contributed by atoms with E-state index in [2.05, 4.69) is 9.88 Å². The SMILES string of the molecule is N=C(N)C1CCCN(c2nccs2)C1. The number of anilines is 1. The van der Waals surface area contributed by atoms with Gasteiger partial charge in [-0.1, -0.05) is 0 Å². The molecule has 0 saturated carbocycles. The van der Waals surface area contributed by atoms with Crippen LogP contribution in [0.3, 0.4) is 0 Å². The third-order valence-electron chi connectivity index (χ3n) is 2.55. The lowest BCUT2D eigenvalue weighted by molar-refractivity contribution is 0.502. The Bertz CT molecular complexity index is 309. The van der Waals surface area contributed by atoms with Gasteiger partial charge in [-0.25, -0.2) is 4.98 Å². The highest BCUT2D eigenvalue weighted by Crippen LogP contribution is 2.24. The van der Waals surface area contributed by atoms with Crippen LogP contribution in [-0.2, 0) is 0 Å². The van der Waals surface area contributed by atoms with Crippen LogP contribution >= 0.6 is 11.3 Å². The van der Waals surface area contributed by atoms with E-state index in [1.165, 1.54) is 0 Å². The van der Waals surface area contributed by atoms with Crippen molar-refractivity contribution in [2.75, 3.05) is 18.0 Å². The Hall–Kier alpha value is -1.10. The largest absolute Gasteiger partial charge is 0.387 e. The average molecular weight is 210 g/mol. The second-order valence-electron chi connectivity index (χ2n) is 3.56. The Morgan fingerprint density at radius 1 is 1.71 bits per heavy atom. The van der Waals surface area contributed by atoms with Gasteiger partial charge in [-0.05, 0) is 12.8 Å². The molecule has 0 aliphatic carbocycles. The fourth-order valence-electron chi connectivity index (χ4n) is 1.78. The topological polar surface area (TPSA) is 66.0 Å². The molecule has 1 unspecified atom stereocenters. The molecule has 1 fully saturated rings. The van der Waals surface area contributed by atoms with Crippen LogP contribution in [0.5, 0.6) is 0 Å². The summed E-state index contributed by atoms with van der Waals surface area (Å²) in [6.45, 7) is 1.89. The van der Waals surface area contributed by atoms with Gasteiger partial charge in [0.2, 0.25) is 0 Å². The number of hydrogen-bond acceptors (Lipinski definition) is 4. The van der Waals surface area contributed by atoms with Crippen molar-refractivity contribution in [3.63, 3.8) is 0 Å². The van der Waals surface area contributed by atoms with Gasteiger partial charge in [-0.3, -0.25) is 5.41 Å². The highest BCUT2D eigenvalue weighted by molar-refractivity contribution is 7.13. The Balaban J connectivity index is 2.04. The van der Waals surface area contributed by atoms with Gasteiger partial charge in [0, 0.05) is 30.6 Å². The van der Waals surface area contributed by atoms with Crippen molar-refractivity contribution < 1.29 is 0 Å². The summed E-state index contributed by atoms with van der Waals surface area (Å²) < 4.78 is 0. The smallest absolute Gasteiger partial charge is 0.185 e. The Morgan fingerprint density at radius 3 is 3.21 bits per heavy atom. The number of thiazole rings is 1. The zero-order valence-electron chi connectivity index (χ0n) is 7.94. The van der Waals surface area contributed by atoms with Gasteiger partial charge >= 0.3 is 0 Å². The maximum Gasteiger partial charge on any atom is 0.185 e. The van der Waals surface area contributed by atoms with E-state index in [0.29, 0.717) is 5.84 Å². The summed E-state index contributed by atoms with van der Waals surface area (Å²) in [6.07, 6.45) is 3.96. The minimum absolute atomic E-state index is 0.215. The molecule has 0 radical (unpaired) electrons. The molecule has 14 heavy (non-hydrogen) atoms. The molecular weight excluding hydrogens is 196 g/mol. The minimum atomic E-state index is 0.215. The number of nitrogens with two attached hydrogens (primary N) is 1. The number of hydrogen-bond donors (Lipinski definition) is 2. The van der Waals surface area contributed by atoms with Gasteiger partial charge in [-0.15, -0.1) is 11.3 Å². The highest BCUT2D eigenvalue weighted by atomic mass is 32.1. The van der Waals surface area contributed by atoms with Gasteiger partial charge in [0.25, 0.3) is 0 Å². The van der Waals surface area contributed by atoms with E-state index in [9.17, 15) is 0 Å². The third-order valence-corrected chi connectivity index (χ3v) is 3.38. The molecule has 5 heteroatoms. The van der Waals surface area contributed by atoms with E-state index >= 15 is 0 Å². The molecule has 1 aromatic heterocycles. The van der Waals surface area contributed by atoms with Crippen LogP contribution in [0.25, 0.3) is 0 Å². The fourth-order valence-corrected chi connectivity index (χ4v) is 2.46. The van der Waals surface area contributed by atoms with E-state index in [0.717, 1.165) is 31.1 Å². The van der Waals surface area contributed by atoms with Gasteiger partial charge < -0.3 is 10.6 Å². The summed E-state index contributed by atoms with van der Waals surface area (Å²) in [6, 6.07) is 0. The molecule has 1 atom stereocenters. The molecule has 0 amide bonds. The standard InChI is InChI=1S/C9H14N4S/c10-8(11)7-2-1-4-13(6-7)9-12-3-5-14-9/h3,5,7H,1-2,4,6H2,(H3,10,11). The van der Waals surface area contributed by atoms with Crippen molar-refractivity contribution in [1.29, 1.82) is 5.41 Å². The quantitative estimate of drug-likeness (QED) is 0.571. The predicted molar refractivity (Wildman–Crippen MR) is 59.0 cm³/mol. The molecule has 76 valence electrons. The van der Waals surface area contributed by atoms with Crippen LogP contribution in [0.2, 0.25) is 0 Å². The van der Waals surface area contributed by atoms with Crippen LogP contribution in [0, 0.1) is 11.3 Å². The molecule has 1 aliphatic rings. The van der Waals surface area contributed by atoms with E-state index in [-0.39, 0.29) is 5.92 Å². The van der Waals surface area contributed by atoms with E-state index in [4.69, 9.17) is 11.1 Å². The zero-order valence-corrected chi connectivity index (χ0v) is 8.76. The molecular formula is C9H14N4S. The summed E-state index contributed by atoms with van der Waals surface area (Å²) in [5, 5.41) is 10.5. The maximum absolute atomic E-state index is 7.44. The number of nitrogens with zero attached hydrogens (tertiary/aromatic N) is 2. The zero-order chi connectivity index (χ0) is 9.97. The molecule has 3 N–H and O–H groups in total. The summed E-state index contributed by atoms with van der Waals surface area (Å²) in [4.78, 5) is 6.49. The van der Waals surface area contributed by atoms with Gasteiger partial charge in [-0.2, -0.15) is 0 Å². The average Bonchev–Trinajstić information content (AvgIpc) is 2.71. The first kappa shape index (κ1) is 9.45. The molecule has 4 nitrogen and oxygen atoms in total. The molecule has 0 aromatic carbocycles. The highest BCUT2D eigenvalue weighted by Gasteiger charge is 2.23. The number of rotatable bonds is 2. The summed E-state index contributed by atoms with van der Waals surface area (Å²) >= 11 is 1.65. The molecule has 1 saturated heterocycles. The summed E-state index contributed by atoms with van der Waals surface area (Å²) in [5.74, 6) is 0.527. The van der Waals surface area contributed by atoms with E-state index in [1.54, 1.807) is 11.3 Å². The first-order chi connectivity index (χ1) is 6.77. The predicted octanol–water partition coefficient (Wildman–Crippen LogP) is 1.30.